The van der Waals surface area contributed by atoms with Crippen LogP contribution in [0.5, 0.6) is 0 Å². The number of benzene rings is 1. The molecule has 1 heterocycles. The zero-order valence-electron chi connectivity index (χ0n) is 13.3. The number of nitrogens with zero attached hydrogens (tertiary/aromatic N) is 1. The van der Waals surface area contributed by atoms with Crippen LogP contribution in [-0.4, -0.2) is 25.5 Å². The maximum Gasteiger partial charge on any atom is 0.265 e. The van der Waals surface area contributed by atoms with Gasteiger partial charge >= 0.3 is 0 Å². The van der Waals surface area contributed by atoms with Crippen LogP contribution in [0.15, 0.2) is 40.8 Å². The highest BCUT2D eigenvalue weighted by Crippen LogP contribution is 2.38. The Morgan fingerprint density at radius 1 is 1.29 bits per heavy atom. The van der Waals surface area contributed by atoms with E-state index in [-0.39, 0.29) is 16.4 Å². The van der Waals surface area contributed by atoms with Crippen LogP contribution < -0.4 is 0 Å². The molecule has 0 amide bonds. The molecule has 1 aromatic carbocycles. The molecule has 0 aliphatic carbocycles. The summed E-state index contributed by atoms with van der Waals surface area (Å²) >= 11 is 0. The Balaban J connectivity index is 2.44. The molecule has 4 nitrogen and oxygen atoms in total. The van der Waals surface area contributed by atoms with Crippen molar-refractivity contribution >= 4 is 10.0 Å². The number of hydrogen-bond donors (Lipinski definition) is 0. The maximum atomic E-state index is 12.8. The van der Waals surface area contributed by atoms with Crippen molar-refractivity contribution < 1.29 is 13.3 Å². The first-order valence-corrected chi connectivity index (χ1v) is 8.48. The van der Waals surface area contributed by atoms with E-state index in [9.17, 15) is 8.42 Å². The summed E-state index contributed by atoms with van der Waals surface area (Å²) in [5.41, 5.74) is 1.84. The topological polar surface area (TPSA) is 46.6 Å². The van der Waals surface area contributed by atoms with Gasteiger partial charge in [-0.15, -0.1) is 0 Å². The van der Waals surface area contributed by atoms with Gasteiger partial charge in [0, 0.05) is 5.41 Å². The first-order chi connectivity index (χ1) is 9.64. The summed E-state index contributed by atoms with van der Waals surface area (Å²) in [4.78, 5) is 5.79. The molecule has 1 aliphatic rings. The van der Waals surface area contributed by atoms with Gasteiger partial charge in [-0.2, -0.15) is 0 Å². The van der Waals surface area contributed by atoms with Gasteiger partial charge in [0.1, 0.15) is 0 Å². The standard InChI is InChI=1S/C16H23NO3S/c1-12(2)10-15-16(4,5)11-20-17(15)21(18,19)14-8-6-13(3)7-9-14/h6-10,15H,11H2,1-5H3/t15-/m1/s1. The summed E-state index contributed by atoms with van der Waals surface area (Å²) in [6.07, 6.45) is 1.96. The normalized spacial score (nSPS) is 22.2. The highest BCUT2D eigenvalue weighted by atomic mass is 32.2. The fourth-order valence-corrected chi connectivity index (χ4v) is 3.84. The number of sulfonamides is 1. The first kappa shape index (κ1) is 16.2. The largest absolute Gasteiger partial charge is 0.283 e. The van der Waals surface area contributed by atoms with Crippen LogP contribution in [0.1, 0.15) is 33.3 Å². The van der Waals surface area contributed by atoms with Crippen LogP contribution in [0.4, 0.5) is 0 Å². The van der Waals surface area contributed by atoms with E-state index in [2.05, 4.69) is 0 Å². The number of rotatable bonds is 3. The van der Waals surface area contributed by atoms with Crippen molar-refractivity contribution in [2.45, 2.75) is 45.6 Å². The molecular formula is C16H23NO3S. The molecule has 21 heavy (non-hydrogen) atoms. The zero-order chi connectivity index (χ0) is 15.8. The SMILES string of the molecule is CC(C)=C[C@H]1N(S(=O)(=O)c2ccc(C)cc2)OCC1(C)C. The lowest BCUT2D eigenvalue weighted by atomic mass is 9.86. The van der Waals surface area contributed by atoms with Gasteiger partial charge in [0.2, 0.25) is 0 Å². The van der Waals surface area contributed by atoms with Crippen molar-refractivity contribution in [3.8, 4) is 0 Å². The van der Waals surface area contributed by atoms with Gasteiger partial charge in [0.05, 0.1) is 17.5 Å². The van der Waals surface area contributed by atoms with Crippen molar-refractivity contribution in [3.63, 3.8) is 0 Å². The third-order valence-electron chi connectivity index (χ3n) is 3.64. The average Bonchev–Trinajstić information content (AvgIpc) is 2.66. The highest BCUT2D eigenvalue weighted by molar-refractivity contribution is 7.89. The molecule has 116 valence electrons. The molecule has 1 saturated heterocycles. The first-order valence-electron chi connectivity index (χ1n) is 7.04. The van der Waals surface area contributed by atoms with Crippen molar-refractivity contribution in [2.24, 2.45) is 5.41 Å². The van der Waals surface area contributed by atoms with E-state index in [0.29, 0.717) is 6.61 Å². The van der Waals surface area contributed by atoms with E-state index in [1.165, 1.54) is 0 Å². The molecule has 0 aromatic heterocycles. The summed E-state index contributed by atoms with van der Waals surface area (Å²) in [5.74, 6) is 0. The number of hydroxylamine groups is 1. The second kappa shape index (κ2) is 5.55. The van der Waals surface area contributed by atoms with Gasteiger partial charge in [0.25, 0.3) is 10.0 Å². The maximum absolute atomic E-state index is 12.8. The molecule has 2 rings (SSSR count). The monoisotopic (exact) mass is 309 g/mol. The van der Waals surface area contributed by atoms with E-state index in [1.54, 1.807) is 24.3 Å². The Labute approximate surface area is 127 Å². The molecule has 0 spiro atoms. The van der Waals surface area contributed by atoms with Crippen LogP contribution >= 0.6 is 0 Å². The van der Waals surface area contributed by atoms with Gasteiger partial charge in [-0.3, -0.25) is 4.84 Å². The highest BCUT2D eigenvalue weighted by Gasteiger charge is 2.46. The van der Waals surface area contributed by atoms with Crippen LogP contribution in [0, 0.1) is 12.3 Å². The molecule has 0 bridgehead atoms. The summed E-state index contributed by atoms with van der Waals surface area (Å²) in [7, 11) is -3.65. The minimum absolute atomic E-state index is 0.255. The second-order valence-electron chi connectivity index (χ2n) is 6.52. The minimum atomic E-state index is -3.65. The Morgan fingerprint density at radius 3 is 2.38 bits per heavy atom. The summed E-state index contributed by atoms with van der Waals surface area (Å²) in [6, 6.07) is 6.54. The Hall–Kier alpha value is -1.17. The lowest BCUT2D eigenvalue weighted by molar-refractivity contribution is -0.0419. The van der Waals surface area contributed by atoms with Crippen molar-refractivity contribution in [2.75, 3.05) is 6.61 Å². The van der Waals surface area contributed by atoms with Crippen molar-refractivity contribution in [3.05, 3.63) is 41.5 Å². The minimum Gasteiger partial charge on any atom is -0.283 e. The van der Waals surface area contributed by atoms with Gasteiger partial charge in [-0.1, -0.05) is 47.7 Å². The second-order valence-corrected chi connectivity index (χ2v) is 8.31. The molecule has 0 radical (unpaired) electrons. The van der Waals surface area contributed by atoms with E-state index >= 15 is 0 Å². The van der Waals surface area contributed by atoms with Gasteiger partial charge in [-0.25, -0.2) is 8.42 Å². The molecule has 0 N–H and O–H groups in total. The van der Waals surface area contributed by atoms with Crippen molar-refractivity contribution in [1.29, 1.82) is 0 Å². The Bertz CT molecular complexity index is 641. The summed E-state index contributed by atoms with van der Waals surface area (Å²) < 4.78 is 26.8. The van der Waals surface area contributed by atoms with Crippen LogP contribution in [0.25, 0.3) is 0 Å². The van der Waals surface area contributed by atoms with Gasteiger partial charge in [-0.05, 0) is 32.9 Å². The molecule has 0 unspecified atom stereocenters. The lowest BCUT2D eigenvalue weighted by Crippen LogP contribution is -2.39. The molecule has 5 heteroatoms. The summed E-state index contributed by atoms with van der Waals surface area (Å²) in [6.45, 7) is 10.3. The zero-order valence-corrected chi connectivity index (χ0v) is 14.1. The lowest BCUT2D eigenvalue weighted by Gasteiger charge is -2.27. The molecule has 1 atom stereocenters. The molecule has 1 aliphatic heterocycles. The smallest absolute Gasteiger partial charge is 0.265 e. The summed E-state index contributed by atoms with van der Waals surface area (Å²) in [5, 5.41) is 0. The third-order valence-corrected chi connectivity index (χ3v) is 5.31. The quantitative estimate of drug-likeness (QED) is 0.805. The number of allylic oxidation sites excluding steroid dienone is 1. The van der Waals surface area contributed by atoms with Crippen molar-refractivity contribution in [1.82, 2.24) is 4.47 Å². The van der Waals surface area contributed by atoms with Gasteiger partial charge < -0.3 is 0 Å². The van der Waals surface area contributed by atoms with Crippen LogP contribution in [-0.2, 0) is 14.9 Å². The molecule has 0 saturated carbocycles. The van der Waals surface area contributed by atoms with E-state index in [4.69, 9.17) is 4.84 Å². The predicted molar refractivity (Wildman–Crippen MR) is 83.2 cm³/mol. The van der Waals surface area contributed by atoms with E-state index < -0.39 is 10.0 Å². The number of hydrogen-bond acceptors (Lipinski definition) is 3. The third kappa shape index (κ3) is 3.20. The molecular weight excluding hydrogens is 286 g/mol. The predicted octanol–water partition coefficient (Wildman–Crippen LogP) is 3.29. The van der Waals surface area contributed by atoms with Gasteiger partial charge in [0.15, 0.2) is 0 Å². The van der Waals surface area contributed by atoms with Crippen LogP contribution in [0.3, 0.4) is 0 Å². The molecule has 1 aromatic rings. The average molecular weight is 309 g/mol. The Kier molecular flexibility index (Phi) is 4.29. The molecule has 1 fully saturated rings. The van der Waals surface area contributed by atoms with E-state index in [0.717, 1.165) is 15.6 Å². The fraction of sp³-hybridized carbons (Fsp3) is 0.500. The van der Waals surface area contributed by atoms with Crippen LogP contribution in [0.2, 0.25) is 0 Å². The number of aryl methyl sites for hydroxylation is 1. The Morgan fingerprint density at radius 2 is 1.86 bits per heavy atom. The fourth-order valence-electron chi connectivity index (χ4n) is 2.32. The van der Waals surface area contributed by atoms with E-state index in [1.807, 2.05) is 40.7 Å².